The Morgan fingerprint density at radius 1 is 0.529 bits per heavy atom. The number of allylic oxidation sites excluding steroid dienone is 4. The van der Waals surface area contributed by atoms with Gasteiger partial charge in [-0.05, 0) is 47.2 Å². The zero-order valence-corrected chi connectivity index (χ0v) is 28.3. The van der Waals surface area contributed by atoms with Crippen molar-refractivity contribution in [1.29, 1.82) is 0 Å². The second-order valence-electron chi connectivity index (χ2n) is 13.2. The first-order chi connectivity index (χ1) is 25.3. The molecule has 5 nitrogen and oxygen atoms in total. The molecular weight excluding hydrogens is 643 g/mol. The number of para-hydroxylation sites is 2. The van der Waals surface area contributed by atoms with E-state index in [0.29, 0.717) is 23.5 Å². The lowest BCUT2D eigenvalue weighted by Gasteiger charge is -2.19. The molecule has 51 heavy (non-hydrogen) atoms. The molecule has 1 aliphatic carbocycles. The van der Waals surface area contributed by atoms with Crippen LogP contribution < -0.4 is 0 Å². The summed E-state index contributed by atoms with van der Waals surface area (Å²) in [6.07, 6.45) is 5.82. The van der Waals surface area contributed by atoms with Crippen LogP contribution in [0.3, 0.4) is 0 Å². The molecule has 6 heteroatoms. The van der Waals surface area contributed by atoms with Gasteiger partial charge in [0.2, 0.25) is 5.95 Å². The van der Waals surface area contributed by atoms with Crippen molar-refractivity contribution in [2.24, 2.45) is 0 Å². The lowest BCUT2D eigenvalue weighted by atomic mass is 9.91. The van der Waals surface area contributed by atoms with Gasteiger partial charge in [0.05, 0.1) is 22.1 Å². The molecule has 11 rings (SSSR count). The molecule has 4 heterocycles. The van der Waals surface area contributed by atoms with Crippen LogP contribution >= 0.6 is 11.8 Å². The fourth-order valence-electron chi connectivity index (χ4n) is 8.08. The molecule has 0 fully saturated rings. The van der Waals surface area contributed by atoms with E-state index in [-0.39, 0.29) is 0 Å². The van der Waals surface area contributed by atoms with Crippen molar-refractivity contribution in [3.63, 3.8) is 0 Å². The number of rotatable bonds is 4. The second-order valence-corrected chi connectivity index (χ2v) is 14.3. The number of nitrogens with zero attached hydrogens (tertiary/aromatic N) is 5. The van der Waals surface area contributed by atoms with Gasteiger partial charge in [0.25, 0.3) is 0 Å². The van der Waals surface area contributed by atoms with Crippen LogP contribution in [0.2, 0.25) is 0 Å². The topological polar surface area (TPSA) is 48.5 Å². The van der Waals surface area contributed by atoms with E-state index in [9.17, 15) is 0 Å². The SMILES string of the molecule is C1=C2Sc3ccccc3C2CC=C1n1c2ccccc2c2c1ccc1c3ccccc3n(-c3nc(-c4ccccc4)nc(-c4ccccc4)n3)c12. The van der Waals surface area contributed by atoms with Gasteiger partial charge in [0.15, 0.2) is 11.6 Å². The van der Waals surface area contributed by atoms with E-state index in [1.807, 2.05) is 48.2 Å². The third-order valence-corrected chi connectivity index (χ3v) is 11.6. The zero-order chi connectivity index (χ0) is 33.5. The number of benzene rings is 6. The molecule has 0 amide bonds. The first-order valence-electron chi connectivity index (χ1n) is 17.3. The van der Waals surface area contributed by atoms with Crippen LogP contribution in [0.4, 0.5) is 0 Å². The number of hydrogen-bond acceptors (Lipinski definition) is 4. The van der Waals surface area contributed by atoms with Crippen molar-refractivity contribution in [2.75, 3.05) is 0 Å². The third-order valence-electron chi connectivity index (χ3n) is 10.3. The molecule has 0 N–H and O–H groups in total. The van der Waals surface area contributed by atoms with Crippen LogP contribution in [0.1, 0.15) is 17.9 Å². The van der Waals surface area contributed by atoms with Gasteiger partial charge in [-0.25, -0.2) is 4.98 Å². The molecule has 2 aliphatic rings. The van der Waals surface area contributed by atoms with E-state index < -0.39 is 0 Å². The summed E-state index contributed by atoms with van der Waals surface area (Å²) in [7, 11) is 0. The van der Waals surface area contributed by atoms with Crippen LogP contribution in [0.15, 0.2) is 168 Å². The molecule has 9 aromatic rings. The molecule has 0 saturated heterocycles. The summed E-state index contributed by atoms with van der Waals surface area (Å²) in [5.41, 5.74) is 9.05. The number of aromatic nitrogens is 5. The lowest BCUT2D eigenvalue weighted by Crippen LogP contribution is -2.06. The highest BCUT2D eigenvalue weighted by molar-refractivity contribution is 8.03. The van der Waals surface area contributed by atoms with E-state index in [4.69, 9.17) is 15.0 Å². The molecule has 0 spiro atoms. The Morgan fingerprint density at radius 3 is 1.90 bits per heavy atom. The fraction of sp³-hybridized carbons (Fsp3) is 0.0444. The molecule has 1 unspecified atom stereocenters. The summed E-state index contributed by atoms with van der Waals surface area (Å²) >= 11 is 1.92. The first-order valence-corrected chi connectivity index (χ1v) is 18.1. The number of hydrogen-bond donors (Lipinski definition) is 0. The highest BCUT2D eigenvalue weighted by Gasteiger charge is 2.31. The van der Waals surface area contributed by atoms with Crippen LogP contribution in [-0.4, -0.2) is 24.1 Å². The quantitative estimate of drug-likeness (QED) is 0.187. The second kappa shape index (κ2) is 11.1. The molecule has 0 bridgehead atoms. The van der Waals surface area contributed by atoms with E-state index in [1.165, 1.54) is 42.7 Å². The minimum atomic E-state index is 0.429. The monoisotopic (exact) mass is 671 g/mol. The summed E-state index contributed by atoms with van der Waals surface area (Å²) < 4.78 is 4.72. The van der Waals surface area contributed by atoms with E-state index in [0.717, 1.165) is 39.5 Å². The zero-order valence-electron chi connectivity index (χ0n) is 27.4. The van der Waals surface area contributed by atoms with E-state index in [2.05, 4.69) is 130 Å². The normalized spacial score (nSPS) is 15.3. The molecule has 240 valence electrons. The van der Waals surface area contributed by atoms with Gasteiger partial charge in [-0.3, -0.25) is 4.57 Å². The highest BCUT2D eigenvalue weighted by atomic mass is 32.2. The Labute approximate surface area is 298 Å². The lowest BCUT2D eigenvalue weighted by molar-refractivity contribution is 0.834. The Morgan fingerprint density at radius 2 is 1.16 bits per heavy atom. The average Bonchev–Trinajstić information content (AvgIpc) is 3.85. The molecule has 0 saturated carbocycles. The highest BCUT2D eigenvalue weighted by Crippen LogP contribution is 2.53. The van der Waals surface area contributed by atoms with Crippen LogP contribution in [0.5, 0.6) is 0 Å². The van der Waals surface area contributed by atoms with Gasteiger partial charge in [-0.2, -0.15) is 9.97 Å². The standard InChI is InChI=1S/C45H29N5S/c1-3-13-28(14-4-1)43-46-44(29-15-5-2-6-16-29)48-45(47-43)50-36-20-10-7-17-31(36)34-25-26-38-41(42(34)50)35-19-8-11-21-37(35)49(38)30-23-24-33-32-18-9-12-22-39(32)51-40(33)27-30/h1-23,25-27,33H,24H2. The Kier molecular flexibility index (Phi) is 6.24. The summed E-state index contributed by atoms with van der Waals surface area (Å²) in [5, 5.41) is 4.72. The Hall–Kier alpha value is -6.24. The molecule has 1 aliphatic heterocycles. The maximum atomic E-state index is 5.22. The van der Waals surface area contributed by atoms with Crippen LogP contribution in [-0.2, 0) is 0 Å². The fourth-order valence-corrected chi connectivity index (χ4v) is 9.35. The maximum absolute atomic E-state index is 5.22. The van der Waals surface area contributed by atoms with Gasteiger partial charge in [-0.1, -0.05) is 139 Å². The molecule has 3 aromatic heterocycles. The minimum Gasteiger partial charge on any atom is -0.309 e. The minimum absolute atomic E-state index is 0.429. The van der Waals surface area contributed by atoms with Crippen molar-refractivity contribution in [3.05, 3.63) is 168 Å². The third kappa shape index (κ3) is 4.33. The predicted octanol–water partition coefficient (Wildman–Crippen LogP) is 11.4. The first kappa shape index (κ1) is 28.6. The van der Waals surface area contributed by atoms with E-state index in [1.54, 1.807) is 0 Å². The van der Waals surface area contributed by atoms with Gasteiger partial charge < -0.3 is 4.57 Å². The van der Waals surface area contributed by atoms with Crippen molar-refractivity contribution in [3.8, 4) is 28.7 Å². The number of thioether (sulfide) groups is 1. The smallest absolute Gasteiger partial charge is 0.238 e. The van der Waals surface area contributed by atoms with Crippen LogP contribution in [0.25, 0.3) is 78.0 Å². The molecular formula is C45H29N5S. The van der Waals surface area contributed by atoms with Crippen molar-refractivity contribution < 1.29 is 0 Å². The Balaban J connectivity index is 1.21. The van der Waals surface area contributed by atoms with E-state index >= 15 is 0 Å². The van der Waals surface area contributed by atoms with Gasteiger partial charge in [0.1, 0.15) is 0 Å². The average molecular weight is 672 g/mol. The van der Waals surface area contributed by atoms with Crippen molar-refractivity contribution in [2.45, 2.75) is 17.2 Å². The van der Waals surface area contributed by atoms with Gasteiger partial charge in [-0.15, -0.1) is 0 Å². The molecule has 6 aromatic carbocycles. The summed E-state index contributed by atoms with van der Waals surface area (Å²) in [4.78, 5) is 18.2. The van der Waals surface area contributed by atoms with Crippen molar-refractivity contribution in [1.82, 2.24) is 24.1 Å². The summed E-state index contributed by atoms with van der Waals surface area (Å²) in [6.45, 7) is 0. The number of fused-ring (bicyclic) bond motifs is 10. The van der Waals surface area contributed by atoms with Gasteiger partial charge in [0, 0.05) is 49.2 Å². The van der Waals surface area contributed by atoms with Crippen molar-refractivity contribution >= 4 is 61.1 Å². The predicted molar refractivity (Wildman–Crippen MR) is 210 cm³/mol. The maximum Gasteiger partial charge on any atom is 0.238 e. The summed E-state index contributed by atoms with van der Waals surface area (Å²) in [5.74, 6) is 2.31. The van der Waals surface area contributed by atoms with Crippen LogP contribution in [0, 0.1) is 0 Å². The van der Waals surface area contributed by atoms with Gasteiger partial charge >= 0.3 is 0 Å². The Bertz CT molecular complexity index is 2860. The largest absolute Gasteiger partial charge is 0.309 e. The molecule has 0 radical (unpaired) electrons. The summed E-state index contributed by atoms with van der Waals surface area (Å²) in [6, 6.07) is 51.2. The molecule has 1 atom stereocenters.